The first-order valence-electron chi connectivity index (χ1n) is 8.38. The van der Waals surface area contributed by atoms with Crippen LogP contribution in [0.5, 0.6) is 0 Å². The lowest BCUT2D eigenvalue weighted by atomic mass is 10.2. The van der Waals surface area contributed by atoms with Crippen molar-refractivity contribution in [1.82, 2.24) is 14.1 Å². The summed E-state index contributed by atoms with van der Waals surface area (Å²) in [6, 6.07) is 4.94. The van der Waals surface area contributed by atoms with E-state index in [2.05, 4.69) is 9.98 Å². The number of ether oxygens (including phenoxy) is 2. The maximum Gasteiger partial charge on any atom is 0.338 e. The van der Waals surface area contributed by atoms with E-state index in [1.54, 1.807) is 47.5 Å². The molecule has 0 unspecified atom stereocenters. The number of fused-ring (bicyclic) bond motifs is 1. The number of methoxy groups -OCH3 is 1. The van der Waals surface area contributed by atoms with E-state index in [0.717, 1.165) is 0 Å². The highest BCUT2D eigenvalue weighted by atomic mass is 32.1. The zero-order valence-electron chi connectivity index (χ0n) is 15.5. The number of rotatable bonds is 5. The molecular formula is C18H18N4O5S. The monoisotopic (exact) mass is 402 g/mol. The van der Waals surface area contributed by atoms with Crippen molar-refractivity contribution in [3.63, 3.8) is 0 Å². The molecule has 0 saturated carbocycles. The smallest absolute Gasteiger partial charge is 0.338 e. The number of hydrogen-bond donors (Lipinski definition) is 0. The highest BCUT2D eigenvalue weighted by Gasteiger charge is 2.16. The molecule has 0 aliphatic heterocycles. The molecule has 1 aromatic carbocycles. The van der Waals surface area contributed by atoms with Crippen LogP contribution in [0, 0.1) is 0 Å². The minimum Gasteiger partial charge on any atom is -0.468 e. The molecule has 0 fully saturated rings. The third-order valence-corrected chi connectivity index (χ3v) is 4.96. The van der Waals surface area contributed by atoms with E-state index in [-0.39, 0.29) is 19.0 Å². The van der Waals surface area contributed by atoms with Gasteiger partial charge in [0, 0.05) is 19.4 Å². The SMILES string of the molecule is CCOC(=O)c1ccc2c(c1)sc(=NC(=O)c1nccn1C)n2CC(=O)OC. The highest BCUT2D eigenvalue weighted by Crippen LogP contribution is 2.20. The van der Waals surface area contributed by atoms with Gasteiger partial charge in [0.15, 0.2) is 4.80 Å². The molecule has 146 valence electrons. The first-order chi connectivity index (χ1) is 13.4. The second-order valence-corrected chi connectivity index (χ2v) is 6.74. The second-order valence-electron chi connectivity index (χ2n) is 5.73. The summed E-state index contributed by atoms with van der Waals surface area (Å²) in [6.45, 7) is 1.87. The fourth-order valence-corrected chi connectivity index (χ4v) is 3.62. The Morgan fingerprint density at radius 2 is 2.07 bits per heavy atom. The molecule has 3 rings (SSSR count). The molecule has 2 aromatic heterocycles. The number of aromatic nitrogens is 3. The zero-order chi connectivity index (χ0) is 20.3. The maximum atomic E-state index is 12.5. The number of aryl methyl sites for hydroxylation is 1. The van der Waals surface area contributed by atoms with Gasteiger partial charge in [-0.2, -0.15) is 4.99 Å². The molecule has 9 nitrogen and oxygen atoms in total. The van der Waals surface area contributed by atoms with Gasteiger partial charge in [-0.05, 0) is 25.1 Å². The molecule has 0 saturated heterocycles. The Morgan fingerprint density at radius 3 is 2.71 bits per heavy atom. The van der Waals surface area contributed by atoms with E-state index < -0.39 is 17.8 Å². The largest absolute Gasteiger partial charge is 0.468 e. The molecule has 0 bridgehead atoms. The van der Waals surface area contributed by atoms with Gasteiger partial charge < -0.3 is 18.6 Å². The van der Waals surface area contributed by atoms with Crippen LogP contribution in [0.2, 0.25) is 0 Å². The van der Waals surface area contributed by atoms with Gasteiger partial charge in [0.2, 0.25) is 5.82 Å². The fourth-order valence-electron chi connectivity index (χ4n) is 2.55. The summed E-state index contributed by atoms with van der Waals surface area (Å²) < 4.78 is 13.6. The maximum absolute atomic E-state index is 12.5. The highest BCUT2D eigenvalue weighted by molar-refractivity contribution is 7.16. The van der Waals surface area contributed by atoms with Crippen LogP contribution in [0.4, 0.5) is 0 Å². The number of thiazole rings is 1. The van der Waals surface area contributed by atoms with Crippen LogP contribution in [0.1, 0.15) is 27.9 Å². The van der Waals surface area contributed by atoms with Gasteiger partial charge >= 0.3 is 17.8 Å². The lowest BCUT2D eigenvalue weighted by Crippen LogP contribution is -2.23. The number of benzene rings is 1. The lowest BCUT2D eigenvalue weighted by molar-refractivity contribution is -0.141. The van der Waals surface area contributed by atoms with Crippen molar-refractivity contribution in [2.45, 2.75) is 13.5 Å². The number of nitrogens with zero attached hydrogens (tertiary/aromatic N) is 4. The van der Waals surface area contributed by atoms with Gasteiger partial charge in [0.05, 0.1) is 29.5 Å². The van der Waals surface area contributed by atoms with Crippen LogP contribution >= 0.6 is 11.3 Å². The Bertz CT molecular complexity index is 1120. The Labute approximate surface area is 163 Å². The quantitative estimate of drug-likeness (QED) is 0.600. The van der Waals surface area contributed by atoms with Crippen LogP contribution in [0.15, 0.2) is 35.6 Å². The topological polar surface area (TPSA) is 105 Å². The summed E-state index contributed by atoms with van der Waals surface area (Å²) in [5.74, 6) is -1.29. The molecule has 10 heteroatoms. The summed E-state index contributed by atoms with van der Waals surface area (Å²) in [7, 11) is 2.97. The first kappa shape index (κ1) is 19.5. The summed E-state index contributed by atoms with van der Waals surface area (Å²) >= 11 is 1.18. The van der Waals surface area contributed by atoms with E-state index in [0.29, 0.717) is 20.6 Å². The molecule has 0 atom stereocenters. The number of esters is 2. The number of carbonyl (C=O) groups excluding carboxylic acids is 3. The van der Waals surface area contributed by atoms with E-state index in [1.165, 1.54) is 24.6 Å². The van der Waals surface area contributed by atoms with E-state index in [9.17, 15) is 14.4 Å². The second kappa shape index (κ2) is 8.17. The predicted octanol–water partition coefficient (Wildman–Crippen LogP) is 1.53. The Hall–Kier alpha value is -3.27. The Morgan fingerprint density at radius 1 is 1.29 bits per heavy atom. The van der Waals surface area contributed by atoms with E-state index in [1.807, 2.05) is 0 Å². The van der Waals surface area contributed by atoms with Crippen molar-refractivity contribution in [2.75, 3.05) is 13.7 Å². The summed E-state index contributed by atoms with van der Waals surface area (Å²) in [5.41, 5.74) is 1.03. The zero-order valence-corrected chi connectivity index (χ0v) is 16.4. The third-order valence-electron chi connectivity index (χ3n) is 3.92. The van der Waals surface area contributed by atoms with Gasteiger partial charge in [-0.25, -0.2) is 9.78 Å². The normalized spacial score (nSPS) is 11.6. The van der Waals surface area contributed by atoms with Crippen molar-refractivity contribution in [1.29, 1.82) is 0 Å². The number of hydrogen-bond acceptors (Lipinski definition) is 7. The van der Waals surface area contributed by atoms with E-state index in [4.69, 9.17) is 9.47 Å². The predicted molar refractivity (Wildman–Crippen MR) is 101 cm³/mol. The van der Waals surface area contributed by atoms with Crippen molar-refractivity contribution >= 4 is 39.4 Å². The van der Waals surface area contributed by atoms with Crippen LogP contribution in [-0.4, -0.2) is 45.7 Å². The van der Waals surface area contributed by atoms with Gasteiger partial charge in [-0.15, -0.1) is 0 Å². The van der Waals surface area contributed by atoms with Gasteiger partial charge in [-0.3, -0.25) is 9.59 Å². The molecule has 0 aliphatic carbocycles. The number of amides is 1. The van der Waals surface area contributed by atoms with Gasteiger partial charge in [0.25, 0.3) is 0 Å². The van der Waals surface area contributed by atoms with Crippen molar-refractivity contribution < 1.29 is 23.9 Å². The Balaban J connectivity index is 2.13. The molecule has 3 aromatic rings. The van der Waals surface area contributed by atoms with Gasteiger partial charge in [-0.1, -0.05) is 11.3 Å². The van der Waals surface area contributed by atoms with Crippen LogP contribution in [-0.2, 0) is 27.9 Å². The minimum atomic E-state index is -0.539. The standard InChI is InChI=1S/C18H18N4O5S/c1-4-27-17(25)11-5-6-12-13(9-11)28-18(22(12)10-14(23)26-3)20-16(24)15-19-7-8-21(15)2/h5-9H,4,10H2,1-3H3. The molecule has 0 aliphatic rings. The molecule has 0 spiro atoms. The van der Waals surface area contributed by atoms with Crippen LogP contribution in [0.25, 0.3) is 10.2 Å². The molecule has 2 heterocycles. The van der Waals surface area contributed by atoms with Crippen molar-refractivity contribution in [3.8, 4) is 0 Å². The molecule has 1 amide bonds. The van der Waals surface area contributed by atoms with E-state index >= 15 is 0 Å². The van der Waals surface area contributed by atoms with Gasteiger partial charge in [0.1, 0.15) is 6.54 Å². The summed E-state index contributed by atoms with van der Waals surface area (Å²) in [6.07, 6.45) is 3.14. The summed E-state index contributed by atoms with van der Waals surface area (Å²) in [4.78, 5) is 44.8. The van der Waals surface area contributed by atoms with Crippen LogP contribution in [0.3, 0.4) is 0 Å². The third kappa shape index (κ3) is 3.86. The molecular weight excluding hydrogens is 384 g/mol. The number of carbonyl (C=O) groups is 3. The average Bonchev–Trinajstić information content (AvgIpc) is 3.25. The van der Waals surface area contributed by atoms with Crippen molar-refractivity contribution in [3.05, 3.63) is 46.8 Å². The molecule has 28 heavy (non-hydrogen) atoms. The van der Waals surface area contributed by atoms with Crippen LogP contribution < -0.4 is 4.80 Å². The summed E-state index contributed by atoms with van der Waals surface area (Å²) in [5, 5.41) is 0. The fraction of sp³-hybridized carbons (Fsp3) is 0.278. The average molecular weight is 402 g/mol. The molecule has 0 N–H and O–H groups in total. The first-order valence-corrected chi connectivity index (χ1v) is 9.20. The Kier molecular flexibility index (Phi) is 5.69. The number of imidazole rings is 1. The lowest BCUT2D eigenvalue weighted by Gasteiger charge is -2.05. The minimum absolute atomic E-state index is 0.123. The van der Waals surface area contributed by atoms with Crippen molar-refractivity contribution in [2.24, 2.45) is 12.0 Å². The molecule has 0 radical (unpaired) electrons.